The van der Waals surface area contributed by atoms with Crippen LogP contribution in [0.3, 0.4) is 0 Å². The monoisotopic (exact) mass is 253 g/mol. The quantitative estimate of drug-likeness (QED) is 0.789. The summed E-state index contributed by atoms with van der Waals surface area (Å²) in [4.78, 5) is 6.86. The van der Waals surface area contributed by atoms with Crippen LogP contribution in [0.4, 0.5) is 0 Å². The van der Waals surface area contributed by atoms with Crippen LogP contribution in [0.2, 0.25) is 0 Å². The first-order valence-corrected chi connectivity index (χ1v) is 7.41. The average Bonchev–Trinajstić information content (AvgIpc) is 2.95. The van der Waals surface area contributed by atoms with Crippen molar-refractivity contribution in [2.75, 3.05) is 19.7 Å². The highest BCUT2D eigenvalue weighted by Gasteiger charge is 2.41. The number of hydrogen-bond acceptors (Lipinski definition) is 4. The molecule has 4 heteroatoms. The van der Waals surface area contributed by atoms with Crippen LogP contribution in [-0.2, 0) is 4.74 Å². The number of guanidine groups is 1. The highest BCUT2D eigenvalue weighted by molar-refractivity contribution is 5.81. The van der Waals surface area contributed by atoms with E-state index in [0.717, 1.165) is 32.1 Å². The molecule has 2 aliphatic rings. The first-order chi connectivity index (χ1) is 8.72. The number of aliphatic imine (C=N–C) groups is 1. The summed E-state index contributed by atoms with van der Waals surface area (Å²) in [6.45, 7) is 7.19. The van der Waals surface area contributed by atoms with Crippen molar-refractivity contribution in [1.82, 2.24) is 4.90 Å². The molecular formula is C14H27N3O. The summed E-state index contributed by atoms with van der Waals surface area (Å²) in [6.07, 6.45) is 7.43. The van der Waals surface area contributed by atoms with Crippen molar-refractivity contribution < 1.29 is 4.74 Å². The Morgan fingerprint density at radius 3 is 2.67 bits per heavy atom. The van der Waals surface area contributed by atoms with Crippen molar-refractivity contribution in [3.63, 3.8) is 0 Å². The summed E-state index contributed by atoms with van der Waals surface area (Å²) in [7, 11) is 0. The molecule has 1 saturated heterocycles. The van der Waals surface area contributed by atoms with Gasteiger partial charge < -0.3 is 15.4 Å². The molecule has 0 saturated carbocycles. The summed E-state index contributed by atoms with van der Waals surface area (Å²) in [5, 5.41) is 0. The summed E-state index contributed by atoms with van der Waals surface area (Å²) >= 11 is 0. The largest absolute Gasteiger partial charge is 0.376 e. The lowest BCUT2D eigenvalue weighted by Gasteiger charge is -2.40. The van der Waals surface area contributed by atoms with Crippen molar-refractivity contribution in [3.8, 4) is 0 Å². The maximum Gasteiger partial charge on any atom is 0.191 e. The van der Waals surface area contributed by atoms with E-state index in [4.69, 9.17) is 10.5 Å². The smallest absolute Gasteiger partial charge is 0.191 e. The van der Waals surface area contributed by atoms with Gasteiger partial charge >= 0.3 is 0 Å². The SMILES string of the molecule is CCCC1(CCC)CN=C(N)N1CC1CCCO1. The fourth-order valence-corrected chi connectivity index (χ4v) is 3.40. The van der Waals surface area contributed by atoms with Gasteiger partial charge in [0.05, 0.1) is 18.2 Å². The number of nitrogens with zero attached hydrogens (tertiary/aromatic N) is 2. The second-order valence-corrected chi connectivity index (χ2v) is 5.64. The molecule has 1 unspecified atom stereocenters. The molecular weight excluding hydrogens is 226 g/mol. The van der Waals surface area contributed by atoms with E-state index in [-0.39, 0.29) is 5.54 Å². The van der Waals surface area contributed by atoms with Gasteiger partial charge in [-0.3, -0.25) is 4.99 Å². The molecule has 0 aliphatic carbocycles. The Morgan fingerprint density at radius 2 is 2.11 bits per heavy atom. The van der Waals surface area contributed by atoms with Gasteiger partial charge in [0, 0.05) is 13.2 Å². The van der Waals surface area contributed by atoms with Crippen LogP contribution in [0.5, 0.6) is 0 Å². The van der Waals surface area contributed by atoms with E-state index in [0.29, 0.717) is 6.10 Å². The third-order valence-electron chi connectivity index (χ3n) is 4.23. The molecule has 4 nitrogen and oxygen atoms in total. The first kappa shape index (κ1) is 13.7. The zero-order valence-electron chi connectivity index (χ0n) is 11.8. The van der Waals surface area contributed by atoms with Gasteiger partial charge in [-0.05, 0) is 25.7 Å². The second kappa shape index (κ2) is 5.91. The van der Waals surface area contributed by atoms with Crippen LogP contribution >= 0.6 is 0 Å². The molecule has 18 heavy (non-hydrogen) atoms. The second-order valence-electron chi connectivity index (χ2n) is 5.64. The van der Waals surface area contributed by atoms with Crippen LogP contribution in [0, 0.1) is 0 Å². The minimum atomic E-state index is 0.166. The predicted molar refractivity (Wildman–Crippen MR) is 74.7 cm³/mol. The Bertz CT molecular complexity index is 291. The molecule has 0 aromatic carbocycles. The number of ether oxygens (including phenoxy) is 1. The molecule has 2 rings (SSSR count). The van der Waals surface area contributed by atoms with Crippen LogP contribution in [0.25, 0.3) is 0 Å². The van der Waals surface area contributed by atoms with Gasteiger partial charge in [0.25, 0.3) is 0 Å². The molecule has 0 aromatic heterocycles. The van der Waals surface area contributed by atoms with E-state index in [1.54, 1.807) is 0 Å². The molecule has 0 radical (unpaired) electrons. The molecule has 104 valence electrons. The van der Waals surface area contributed by atoms with E-state index in [1.807, 2.05) is 0 Å². The fourth-order valence-electron chi connectivity index (χ4n) is 3.40. The topological polar surface area (TPSA) is 50.8 Å². The van der Waals surface area contributed by atoms with E-state index in [2.05, 4.69) is 23.7 Å². The Labute approximate surface area is 111 Å². The molecule has 1 atom stereocenters. The molecule has 2 heterocycles. The van der Waals surface area contributed by atoms with E-state index in [9.17, 15) is 0 Å². The highest BCUT2D eigenvalue weighted by atomic mass is 16.5. The van der Waals surface area contributed by atoms with Gasteiger partial charge in [0.1, 0.15) is 0 Å². The van der Waals surface area contributed by atoms with Crippen molar-refractivity contribution >= 4 is 5.96 Å². The summed E-state index contributed by atoms with van der Waals surface area (Å²) in [5.74, 6) is 0.729. The Hall–Kier alpha value is -0.770. The maximum absolute atomic E-state index is 6.11. The average molecular weight is 253 g/mol. The van der Waals surface area contributed by atoms with Crippen LogP contribution in [-0.4, -0.2) is 42.2 Å². The molecule has 0 amide bonds. The van der Waals surface area contributed by atoms with Crippen molar-refractivity contribution in [2.24, 2.45) is 10.7 Å². The molecule has 0 spiro atoms. The molecule has 2 aliphatic heterocycles. The van der Waals surface area contributed by atoms with Crippen molar-refractivity contribution in [2.45, 2.75) is 64.0 Å². The standard InChI is InChI=1S/C14H27N3O/c1-3-7-14(8-4-2)11-16-13(15)17(14)10-12-6-5-9-18-12/h12H,3-11H2,1-2H3,(H2,15,16). The van der Waals surface area contributed by atoms with E-state index >= 15 is 0 Å². The van der Waals surface area contributed by atoms with Crippen LogP contribution < -0.4 is 5.73 Å². The van der Waals surface area contributed by atoms with E-state index in [1.165, 1.54) is 32.1 Å². The van der Waals surface area contributed by atoms with Crippen LogP contribution in [0.15, 0.2) is 4.99 Å². The summed E-state index contributed by atoms with van der Waals surface area (Å²) in [6, 6.07) is 0. The first-order valence-electron chi connectivity index (χ1n) is 7.41. The molecule has 0 bridgehead atoms. The van der Waals surface area contributed by atoms with Gasteiger partial charge in [-0.15, -0.1) is 0 Å². The third-order valence-corrected chi connectivity index (χ3v) is 4.23. The minimum absolute atomic E-state index is 0.166. The van der Waals surface area contributed by atoms with Gasteiger partial charge in [-0.2, -0.15) is 0 Å². The lowest BCUT2D eigenvalue weighted by atomic mass is 9.87. The fraction of sp³-hybridized carbons (Fsp3) is 0.929. The van der Waals surface area contributed by atoms with Gasteiger partial charge in [0.2, 0.25) is 0 Å². The lowest BCUT2D eigenvalue weighted by molar-refractivity contribution is 0.0594. The lowest BCUT2D eigenvalue weighted by Crippen LogP contribution is -2.54. The summed E-state index contributed by atoms with van der Waals surface area (Å²) in [5.41, 5.74) is 6.28. The zero-order valence-corrected chi connectivity index (χ0v) is 11.8. The maximum atomic E-state index is 6.11. The molecule has 2 N–H and O–H groups in total. The third kappa shape index (κ3) is 2.63. The predicted octanol–water partition coefficient (Wildman–Crippen LogP) is 2.13. The Balaban J connectivity index is 2.07. The molecule has 1 fully saturated rings. The number of nitrogens with two attached hydrogens (primary N) is 1. The van der Waals surface area contributed by atoms with Crippen molar-refractivity contribution in [3.05, 3.63) is 0 Å². The number of hydrogen-bond donors (Lipinski definition) is 1. The molecule has 0 aromatic rings. The van der Waals surface area contributed by atoms with E-state index < -0.39 is 0 Å². The zero-order chi connectivity index (χ0) is 13.0. The Morgan fingerprint density at radius 1 is 1.39 bits per heavy atom. The van der Waals surface area contributed by atoms with Gasteiger partial charge in [-0.1, -0.05) is 26.7 Å². The van der Waals surface area contributed by atoms with Gasteiger partial charge in [0.15, 0.2) is 5.96 Å². The van der Waals surface area contributed by atoms with Crippen molar-refractivity contribution in [1.29, 1.82) is 0 Å². The Kier molecular flexibility index (Phi) is 4.49. The summed E-state index contributed by atoms with van der Waals surface area (Å²) < 4.78 is 5.76. The minimum Gasteiger partial charge on any atom is -0.376 e. The van der Waals surface area contributed by atoms with Gasteiger partial charge in [-0.25, -0.2) is 0 Å². The van der Waals surface area contributed by atoms with Crippen LogP contribution in [0.1, 0.15) is 52.4 Å². The normalized spacial score (nSPS) is 26.7. The highest BCUT2D eigenvalue weighted by Crippen LogP contribution is 2.32. The number of rotatable bonds is 6.